The molecule has 0 spiro atoms. The van der Waals surface area contributed by atoms with Crippen LogP contribution in [0.5, 0.6) is 0 Å². The fraction of sp³-hybridized carbons (Fsp3) is 0.769. The van der Waals surface area contributed by atoms with Gasteiger partial charge in [-0.25, -0.2) is 0 Å². The van der Waals surface area contributed by atoms with Gasteiger partial charge in [-0.3, -0.25) is 4.79 Å². The fourth-order valence-electron chi connectivity index (χ4n) is 2.79. The lowest BCUT2D eigenvalue weighted by molar-refractivity contribution is -0.126. The summed E-state index contributed by atoms with van der Waals surface area (Å²) >= 11 is 0. The fourth-order valence-corrected chi connectivity index (χ4v) is 2.79. The van der Waals surface area contributed by atoms with E-state index in [-0.39, 0.29) is 12.0 Å². The Morgan fingerprint density at radius 3 is 2.40 bits per heavy atom. The molecule has 2 heteroatoms. The minimum absolute atomic E-state index is 0.112. The maximum Gasteiger partial charge on any atom is 0.142 e. The standard InChI is InChI=1S/C13H21NO/c1-9-2-4-10(5-3-9)13(15)11-6-7-12(14)8-11/h6-7,9-12H,2-5,8,14H2,1H3. The first-order valence-electron chi connectivity index (χ1n) is 6.14. The average Bonchev–Trinajstić information content (AvgIpc) is 2.65. The van der Waals surface area contributed by atoms with Gasteiger partial charge in [0.2, 0.25) is 0 Å². The van der Waals surface area contributed by atoms with Crippen LogP contribution in [0, 0.1) is 17.8 Å². The molecule has 2 rings (SSSR count). The Hall–Kier alpha value is -0.630. The highest BCUT2D eigenvalue weighted by molar-refractivity contribution is 5.85. The van der Waals surface area contributed by atoms with Gasteiger partial charge in [0.25, 0.3) is 0 Å². The zero-order chi connectivity index (χ0) is 10.8. The Bertz CT molecular complexity index is 264. The molecule has 0 amide bonds. The highest BCUT2D eigenvalue weighted by Crippen LogP contribution is 2.32. The second-order valence-electron chi connectivity index (χ2n) is 5.25. The summed E-state index contributed by atoms with van der Waals surface area (Å²) in [6, 6.07) is 0.112. The summed E-state index contributed by atoms with van der Waals surface area (Å²) in [6.07, 6.45) is 9.47. The first-order chi connectivity index (χ1) is 7.16. The van der Waals surface area contributed by atoms with Crippen LogP contribution >= 0.6 is 0 Å². The zero-order valence-corrected chi connectivity index (χ0v) is 9.49. The molecule has 2 unspecified atom stereocenters. The van der Waals surface area contributed by atoms with E-state index in [0.29, 0.717) is 11.7 Å². The summed E-state index contributed by atoms with van der Waals surface area (Å²) < 4.78 is 0. The quantitative estimate of drug-likeness (QED) is 0.706. The molecular weight excluding hydrogens is 186 g/mol. The van der Waals surface area contributed by atoms with Gasteiger partial charge in [0.15, 0.2) is 0 Å². The summed E-state index contributed by atoms with van der Waals surface area (Å²) in [5.41, 5.74) is 5.78. The van der Waals surface area contributed by atoms with Crippen LogP contribution in [0.25, 0.3) is 0 Å². The number of hydrogen-bond donors (Lipinski definition) is 1. The largest absolute Gasteiger partial charge is 0.324 e. The zero-order valence-electron chi connectivity index (χ0n) is 9.49. The number of rotatable bonds is 2. The molecule has 2 atom stereocenters. The summed E-state index contributed by atoms with van der Waals surface area (Å²) in [7, 11) is 0. The van der Waals surface area contributed by atoms with Crippen LogP contribution in [0.2, 0.25) is 0 Å². The minimum atomic E-state index is 0.112. The van der Waals surface area contributed by atoms with Crippen molar-refractivity contribution < 1.29 is 4.79 Å². The number of nitrogens with two attached hydrogens (primary N) is 1. The normalized spacial score (nSPS) is 40.7. The second kappa shape index (κ2) is 4.48. The van der Waals surface area contributed by atoms with Crippen molar-refractivity contribution in [2.45, 2.75) is 45.1 Å². The number of carbonyl (C=O) groups is 1. The predicted molar refractivity (Wildman–Crippen MR) is 61.4 cm³/mol. The first-order valence-corrected chi connectivity index (χ1v) is 6.14. The van der Waals surface area contributed by atoms with E-state index in [9.17, 15) is 4.79 Å². The van der Waals surface area contributed by atoms with E-state index in [0.717, 1.165) is 25.2 Å². The Kier molecular flexibility index (Phi) is 3.25. The Morgan fingerprint density at radius 2 is 1.87 bits per heavy atom. The van der Waals surface area contributed by atoms with E-state index < -0.39 is 0 Å². The Labute approximate surface area is 91.9 Å². The molecule has 0 aliphatic heterocycles. The van der Waals surface area contributed by atoms with Crippen molar-refractivity contribution in [1.82, 2.24) is 0 Å². The third-order valence-corrected chi connectivity index (χ3v) is 3.90. The molecule has 0 heterocycles. The van der Waals surface area contributed by atoms with Crippen molar-refractivity contribution in [3.8, 4) is 0 Å². The van der Waals surface area contributed by atoms with Crippen molar-refractivity contribution in [1.29, 1.82) is 0 Å². The highest BCUT2D eigenvalue weighted by Gasteiger charge is 2.30. The first kappa shape index (κ1) is 10.9. The predicted octanol–water partition coefficient (Wildman–Crippen LogP) is 2.29. The van der Waals surface area contributed by atoms with Crippen LogP contribution in [0.4, 0.5) is 0 Å². The van der Waals surface area contributed by atoms with Crippen molar-refractivity contribution >= 4 is 5.78 Å². The van der Waals surface area contributed by atoms with Crippen LogP contribution in [0.15, 0.2) is 12.2 Å². The van der Waals surface area contributed by atoms with Gasteiger partial charge in [-0.15, -0.1) is 0 Å². The van der Waals surface area contributed by atoms with Crippen LogP contribution in [0.1, 0.15) is 39.0 Å². The molecule has 0 bridgehead atoms. The Morgan fingerprint density at radius 1 is 1.20 bits per heavy atom. The van der Waals surface area contributed by atoms with Gasteiger partial charge in [-0.1, -0.05) is 31.9 Å². The number of Topliss-reactive ketones (excluding diaryl/α,β-unsaturated/α-hetero) is 1. The molecule has 0 saturated heterocycles. The molecule has 84 valence electrons. The SMILES string of the molecule is CC1CCC(C(=O)C2C=CC(N)C2)CC1. The number of ketones is 1. The van der Waals surface area contributed by atoms with Crippen LogP contribution in [-0.4, -0.2) is 11.8 Å². The number of carbonyl (C=O) groups excluding carboxylic acids is 1. The lowest BCUT2D eigenvalue weighted by atomic mass is 9.77. The van der Waals surface area contributed by atoms with E-state index in [1.807, 2.05) is 12.2 Å². The van der Waals surface area contributed by atoms with Gasteiger partial charge in [0.05, 0.1) is 0 Å². The van der Waals surface area contributed by atoms with E-state index in [4.69, 9.17) is 5.73 Å². The molecule has 2 aliphatic carbocycles. The average molecular weight is 207 g/mol. The Balaban J connectivity index is 1.89. The molecule has 0 aromatic carbocycles. The third kappa shape index (κ3) is 2.49. The van der Waals surface area contributed by atoms with Crippen molar-refractivity contribution in [3.63, 3.8) is 0 Å². The molecule has 0 aromatic rings. The lowest BCUT2D eigenvalue weighted by Gasteiger charge is -2.26. The van der Waals surface area contributed by atoms with Crippen molar-refractivity contribution in [2.24, 2.45) is 23.5 Å². The van der Waals surface area contributed by atoms with Gasteiger partial charge in [-0.05, 0) is 25.2 Å². The van der Waals surface area contributed by atoms with Gasteiger partial charge in [0, 0.05) is 17.9 Å². The summed E-state index contributed by atoms with van der Waals surface area (Å²) in [5.74, 6) is 1.71. The van der Waals surface area contributed by atoms with E-state index in [1.165, 1.54) is 12.8 Å². The van der Waals surface area contributed by atoms with Crippen molar-refractivity contribution in [3.05, 3.63) is 12.2 Å². The van der Waals surface area contributed by atoms with E-state index in [2.05, 4.69) is 6.92 Å². The van der Waals surface area contributed by atoms with Gasteiger partial charge in [0.1, 0.15) is 5.78 Å². The van der Waals surface area contributed by atoms with Gasteiger partial charge < -0.3 is 5.73 Å². The molecule has 1 saturated carbocycles. The molecule has 2 N–H and O–H groups in total. The summed E-state index contributed by atoms with van der Waals surface area (Å²) in [4.78, 5) is 12.1. The van der Waals surface area contributed by atoms with Crippen molar-refractivity contribution in [2.75, 3.05) is 0 Å². The molecule has 1 fully saturated rings. The molecule has 2 nitrogen and oxygen atoms in total. The maximum absolute atomic E-state index is 12.1. The second-order valence-corrected chi connectivity index (χ2v) is 5.25. The molecule has 0 radical (unpaired) electrons. The van der Waals surface area contributed by atoms with Gasteiger partial charge >= 0.3 is 0 Å². The lowest BCUT2D eigenvalue weighted by Crippen LogP contribution is -2.27. The van der Waals surface area contributed by atoms with Crippen LogP contribution in [-0.2, 0) is 4.79 Å². The topological polar surface area (TPSA) is 43.1 Å². The third-order valence-electron chi connectivity index (χ3n) is 3.90. The van der Waals surface area contributed by atoms with E-state index >= 15 is 0 Å². The molecular formula is C13H21NO. The van der Waals surface area contributed by atoms with Gasteiger partial charge in [-0.2, -0.15) is 0 Å². The molecule has 2 aliphatic rings. The van der Waals surface area contributed by atoms with Crippen LogP contribution < -0.4 is 5.73 Å². The smallest absolute Gasteiger partial charge is 0.142 e. The molecule has 15 heavy (non-hydrogen) atoms. The summed E-state index contributed by atoms with van der Waals surface area (Å²) in [6.45, 7) is 2.28. The minimum Gasteiger partial charge on any atom is -0.324 e. The number of allylic oxidation sites excluding steroid dienone is 1. The van der Waals surface area contributed by atoms with Crippen LogP contribution in [0.3, 0.4) is 0 Å². The monoisotopic (exact) mass is 207 g/mol. The maximum atomic E-state index is 12.1. The van der Waals surface area contributed by atoms with E-state index in [1.54, 1.807) is 0 Å². The highest BCUT2D eigenvalue weighted by atomic mass is 16.1. The summed E-state index contributed by atoms with van der Waals surface area (Å²) in [5, 5.41) is 0. The number of hydrogen-bond acceptors (Lipinski definition) is 2. The molecule has 0 aromatic heterocycles.